The molecule has 5 nitrogen and oxygen atoms in total. The van der Waals surface area contributed by atoms with Crippen LogP contribution < -0.4 is 14.9 Å². The van der Waals surface area contributed by atoms with E-state index in [1.807, 2.05) is 48.5 Å². The Bertz CT molecular complexity index is 954. The molecule has 0 aliphatic rings. The van der Waals surface area contributed by atoms with Gasteiger partial charge in [0.05, 0.1) is 13.3 Å². The lowest BCUT2D eigenvalue weighted by molar-refractivity contribution is 0.0955. The van der Waals surface area contributed by atoms with E-state index in [-0.39, 0.29) is 5.91 Å². The zero-order valence-corrected chi connectivity index (χ0v) is 16.0. The first kappa shape index (κ1) is 19.5. The van der Waals surface area contributed by atoms with Gasteiger partial charge in [0.15, 0.2) is 0 Å². The zero-order valence-electron chi connectivity index (χ0n) is 15.3. The second-order valence-corrected chi connectivity index (χ2v) is 6.35. The van der Waals surface area contributed by atoms with Gasteiger partial charge >= 0.3 is 0 Å². The van der Waals surface area contributed by atoms with E-state index in [1.54, 1.807) is 37.6 Å². The van der Waals surface area contributed by atoms with Gasteiger partial charge in [-0.3, -0.25) is 4.79 Å². The van der Waals surface area contributed by atoms with Gasteiger partial charge in [-0.15, -0.1) is 0 Å². The van der Waals surface area contributed by atoms with Crippen molar-refractivity contribution in [3.8, 4) is 11.5 Å². The summed E-state index contributed by atoms with van der Waals surface area (Å²) < 4.78 is 10.8. The van der Waals surface area contributed by atoms with Gasteiger partial charge in [0, 0.05) is 10.6 Å². The van der Waals surface area contributed by atoms with E-state index in [2.05, 4.69) is 10.5 Å². The van der Waals surface area contributed by atoms with Crippen LogP contribution in [0.2, 0.25) is 5.02 Å². The van der Waals surface area contributed by atoms with E-state index in [0.29, 0.717) is 22.9 Å². The molecule has 0 saturated carbocycles. The number of halogens is 1. The van der Waals surface area contributed by atoms with E-state index in [9.17, 15) is 4.79 Å². The van der Waals surface area contributed by atoms with Gasteiger partial charge in [0.1, 0.15) is 18.1 Å². The number of nitrogens with zero attached hydrogens (tertiary/aromatic N) is 1. The monoisotopic (exact) mass is 394 g/mol. The molecule has 0 atom stereocenters. The Morgan fingerprint density at radius 2 is 1.75 bits per heavy atom. The van der Waals surface area contributed by atoms with Gasteiger partial charge < -0.3 is 9.47 Å². The molecule has 0 saturated heterocycles. The van der Waals surface area contributed by atoms with Crippen LogP contribution >= 0.6 is 11.6 Å². The number of carbonyl (C=O) groups excluding carboxylic acids is 1. The molecule has 1 amide bonds. The topological polar surface area (TPSA) is 59.9 Å². The summed E-state index contributed by atoms with van der Waals surface area (Å²) in [5, 5.41) is 4.67. The maximum Gasteiger partial charge on any atom is 0.271 e. The Labute approximate surface area is 168 Å². The van der Waals surface area contributed by atoms with Crippen molar-refractivity contribution >= 4 is 23.7 Å². The second-order valence-electron chi connectivity index (χ2n) is 5.92. The summed E-state index contributed by atoms with van der Waals surface area (Å²) in [4.78, 5) is 12.0. The van der Waals surface area contributed by atoms with Crippen LogP contribution in [0, 0.1) is 0 Å². The predicted molar refractivity (Wildman–Crippen MR) is 110 cm³/mol. The molecule has 6 heteroatoms. The van der Waals surface area contributed by atoms with Crippen LogP contribution in [0.15, 0.2) is 77.9 Å². The van der Waals surface area contributed by atoms with Crippen LogP contribution in [0.1, 0.15) is 21.5 Å². The number of carbonyl (C=O) groups is 1. The average molecular weight is 395 g/mol. The number of benzene rings is 3. The summed E-state index contributed by atoms with van der Waals surface area (Å²) in [6.45, 7) is 0.436. The standard InChI is InChI=1S/C22H19ClN2O3/c1-27-20-11-7-18(8-12-20)22(26)25-24-14-16-5-9-21(10-6-16)28-15-17-3-2-4-19(23)13-17/h2-14H,15H2,1H3,(H,25,26). The number of hydrogen-bond donors (Lipinski definition) is 1. The first-order valence-corrected chi connectivity index (χ1v) is 8.96. The lowest BCUT2D eigenvalue weighted by Gasteiger charge is -2.07. The molecule has 0 aromatic heterocycles. The third-order valence-electron chi connectivity index (χ3n) is 3.91. The molecule has 0 aliphatic carbocycles. The average Bonchev–Trinajstić information content (AvgIpc) is 2.73. The number of nitrogens with one attached hydrogen (secondary N) is 1. The first-order valence-electron chi connectivity index (χ1n) is 8.59. The normalized spacial score (nSPS) is 10.6. The molecule has 0 bridgehead atoms. The molecule has 3 aromatic carbocycles. The van der Waals surface area contributed by atoms with Crippen molar-refractivity contribution in [3.63, 3.8) is 0 Å². The van der Waals surface area contributed by atoms with E-state index in [4.69, 9.17) is 21.1 Å². The fourth-order valence-electron chi connectivity index (χ4n) is 2.42. The number of hydrazone groups is 1. The van der Waals surface area contributed by atoms with Crippen molar-refractivity contribution < 1.29 is 14.3 Å². The molecule has 3 rings (SSSR count). The first-order chi connectivity index (χ1) is 13.6. The third-order valence-corrected chi connectivity index (χ3v) is 4.14. The zero-order chi connectivity index (χ0) is 19.8. The Balaban J connectivity index is 1.51. The van der Waals surface area contributed by atoms with Gasteiger partial charge in [-0.05, 0) is 71.8 Å². The Morgan fingerprint density at radius 1 is 1.04 bits per heavy atom. The van der Waals surface area contributed by atoms with Crippen molar-refractivity contribution in [1.82, 2.24) is 5.43 Å². The molecule has 0 heterocycles. The molecule has 0 spiro atoms. The number of hydrogen-bond acceptors (Lipinski definition) is 4. The van der Waals surface area contributed by atoms with Crippen LogP contribution in [0.3, 0.4) is 0 Å². The van der Waals surface area contributed by atoms with Gasteiger partial charge in [0.25, 0.3) is 5.91 Å². The van der Waals surface area contributed by atoms with E-state index >= 15 is 0 Å². The smallest absolute Gasteiger partial charge is 0.271 e. The summed E-state index contributed by atoms with van der Waals surface area (Å²) in [6, 6.07) is 21.7. The van der Waals surface area contributed by atoms with E-state index in [1.165, 1.54) is 0 Å². The highest BCUT2D eigenvalue weighted by atomic mass is 35.5. The van der Waals surface area contributed by atoms with Crippen LogP contribution in [0.25, 0.3) is 0 Å². The van der Waals surface area contributed by atoms with Gasteiger partial charge in [-0.2, -0.15) is 5.10 Å². The Kier molecular flexibility index (Phi) is 6.65. The van der Waals surface area contributed by atoms with Crippen molar-refractivity contribution in [3.05, 3.63) is 94.5 Å². The molecule has 1 N–H and O–H groups in total. The van der Waals surface area contributed by atoms with Crippen molar-refractivity contribution in [2.24, 2.45) is 5.10 Å². The summed E-state index contributed by atoms with van der Waals surface area (Å²) in [6.07, 6.45) is 1.57. The molecular formula is C22H19ClN2O3. The minimum atomic E-state index is -0.291. The van der Waals surface area contributed by atoms with Crippen LogP contribution in [-0.2, 0) is 6.61 Å². The number of amides is 1. The largest absolute Gasteiger partial charge is 0.497 e. The van der Waals surface area contributed by atoms with E-state index in [0.717, 1.165) is 16.9 Å². The van der Waals surface area contributed by atoms with Gasteiger partial charge in [-0.25, -0.2) is 5.43 Å². The van der Waals surface area contributed by atoms with Crippen molar-refractivity contribution in [2.45, 2.75) is 6.61 Å². The molecule has 28 heavy (non-hydrogen) atoms. The summed E-state index contributed by atoms with van der Waals surface area (Å²) in [7, 11) is 1.58. The molecule has 3 aromatic rings. The molecule has 142 valence electrons. The fourth-order valence-corrected chi connectivity index (χ4v) is 2.63. The number of ether oxygens (including phenoxy) is 2. The highest BCUT2D eigenvalue weighted by Crippen LogP contribution is 2.16. The predicted octanol–water partition coefficient (Wildman–Crippen LogP) is 4.69. The Hall–Kier alpha value is -3.31. The van der Waals surface area contributed by atoms with Crippen LogP contribution in [0.4, 0.5) is 0 Å². The highest BCUT2D eigenvalue weighted by Gasteiger charge is 2.04. The maximum absolute atomic E-state index is 12.0. The highest BCUT2D eigenvalue weighted by molar-refractivity contribution is 6.30. The van der Waals surface area contributed by atoms with Crippen molar-refractivity contribution in [1.29, 1.82) is 0 Å². The molecule has 0 radical (unpaired) electrons. The van der Waals surface area contributed by atoms with Gasteiger partial charge in [0.2, 0.25) is 0 Å². The lowest BCUT2D eigenvalue weighted by atomic mass is 10.2. The number of methoxy groups -OCH3 is 1. The van der Waals surface area contributed by atoms with Crippen molar-refractivity contribution in [2.75, 3.05) is 7.11 Å². The fraction of sp³-hybridized carbons (Fsp3) is 0.0909. The number of rotatable bonds is 7. The third kappa shape index (κ3) is 5.59. The SMILES string of the molecule is COc1ccc(C(=O)NN=Cc2ccc(OCc3cccc(Cl)c3)cc2)cc1. The molecule has 0 fully saturated rings. The van der Waals surface area contributed by atoms with Crippen LogP contribution in [-0.4, -0.2) is 19.2 Å². The van der Waals surface area contributed by atoms with Gasteiger partial charge in [-0.1, -0.05) is 23.7 Å². The minimum absolute atomic E-state index is 0.291. The Morgan fingerprint density at radius 3 is 2.43 bits per heavy atom. The summed E-state index contributed by atoms with van der Waals surface area (Å²) in [5.41, 5.74) is 4.84. The van der Waals surface area contributed by atoms with Crippen LogP contribution in [0.5, 0.6) is 11.5 Å². The lowest BCUT2D eigenvalue weighted by Crippen LogP contribution is -2.17. The maximum atomic E-state index is 12.0. The van der Waals surface area contributed by atoms with E-state index < -0.39 is 0 Å². The second kappa shape index (κ2) is 9.58. The summed E-state index contributed by atoms with van der Waals surface area (Å²) >= 11 is 5.97. The minimum Gasteiger partial charge on any atom is -0.497 e. The quantitative estimate of drug-likeness (QED) is 0.467. The summed E-state index contributed by atoms with van der Waals surface area (Å²) in [5.74, 6) is 1.14. The molecule has 0 unspecified atom stereocenters. The molecular weight excluding hydrogens is 376 g/mol. The molecule has 0 aliphatic heterocycles.